The van der Waals surface area contributed by atoms with Crippen molar-refractivity contribution in [3.05, 3.63) is 41.9 Å². The molecule has 11 nitrogen and oxygen atoms in total. The van der Waals surface area contributed by atoms with Crippen LogP contribution in [-0.2, 0) is 7.05 Å². The number of pyridine rings is 1. The Kier molecular flexibility index (Phi) is 5.40. The van der Waals surface area contributed by atoms with Crippen molar-refractivity contribution in [1.29, 1.82) is 0 Å². The first-order valence-electron chi connectivity index (χ1n) is 12.5. The van der Waals surface area contributed by atoms with Gasteiger partial charge in [-0.15, -0.1) is 5.10 Å². The number of carbonyl (C=O) groups excluding carboxylic acids is 2. The standard InChI is InChI=1S/C25H32N8O3/c1-30-5-7-32(8-6-30)17-3-4-21-19(13-27-33(21)14-17)23(35)28-16-9-25(10-16)11-18(12-25)36-24-20(22(26)34)15-31(2)29-24/h3-4,13-16,18H,5-12H2,1-2H3,(H2,26,34)(H,28,35)/t16-,18-,25?. The SMILES string of the molecule is CN1CCN(c2ccc3c(C(=O)N[C@H]4CC5(C4)C[C@H](Oc4nn(C)cc4C(N)=O)C5)cnn3c2)CC1. The molecule has 0 bridgehead atoms. The van der Waals surface area contributed by atoms with Gasteiger partial charge in [0.15, 0.2) is 0 Å². The molecule has 0 aromatic carbocycles. The number of aryl methyl sites for hydroxylation is 1. The van der Waals surface area contributed by atoms with Gasteiger partial charge in [0.25, 0.3) is 11.8 Å². The van der Waals surface area contributed by atoms with Crippen LogP contribution in [0.4, 0.5) is 5.69 Å². The number of anilines is 1. The Morgan fingerprint density at radius 2 is 1.81 bits per heavy atom. The van der Waals surface area contributed by atoms with Crippen molar-refractivity contribution in [3.63, 3.8) is 0 Å². The van der Waals surface area contributed by atoms with E-state index in [9.17, 15) is 9.59 Å². The molecular formula is C25H32N8O3. The molecular weight excluding hydrogens is 460 g/mol. The summed E-state index contributed by atoms with van der Waals surface area (Å²) in [5.74, 6) is -0.316. The minimum atomic E-state index is -0.540. The highest BCUT2D eigenvalue weighted by atomic mass is 16.5. The quantitative estimate of drug-likeness (QED) is 0.527. The van der Waals surface area contributed by atoms with Crippen LogP contribution in [0.3, 0.4) is 0 Å². The Bertz CT molecular complexity index is 1310. The lowest BCUT2D eigenvalue weighted by atomic mass is 9.53. The number of piperazine rings is 1. The maximum atomic E-state index is 13.0. The zero-order valence-corrected chi connectivity index (χ0v) is 20.7. The van der Waals surface area contributed by atoms with Gasteiger partial charge in [0.1, 0.15) is 11.7 Å². The number of ether oxygens (including phenoxy) is 1. The molecule has 2 aliphatic carbocycles. The van der Waals surface area contributed by atoms with Crippen molar-refractivity contribution >= 4 is 23.0 Å². The number of amides is 2. The molecule has 36 heavy (non-hydrogen) atoms. The first kappa shape index (κ1) is 22.8. The number of hydrogen-bond donors (Lipinski definition) is 2. The second kappa shape index (κ2) is 8.51. The molecule has 0 radical (unpaired) electrons. The summed E-state index contributed by atoms with van der Waals surface area (Å²) in [6, 6.07) is 4.22. The second-order valence-electron chi connectivity index (χ2n) is 10.7. The third-order valence-electron chi connectivity index (χ3n) is 7.97. The maximum absolute atomic E-state index is 13.0. The third-order valence-corrected chi connectivity index (χ3v) is 7.97. The molecule has 0 atom stereocenters. The normalized spacial score (nSPS) is 26.0. The van der Waals surface area contributed by atoms with E-state index < -0.39 is 5.91 Å². The van der Waals surface area contributed by atoms with Crippen LogP contribution in [0.25, 0.3) is 5.52 Å². The molecule has 2 saturated carbocycles. The van der Waals surface area contributed by atoms with E-state index in [4.69, 9.17) is 10.5 Å². The lowest BCUT2D eigenvalue weighted by Crippen LogP contribution is -2.58. The largest absolute Gasteiger partial charge is 0.473 e. The number of aromatic nitrogens is 4. The molecule has 4 heterocycles. The van der Waals surface area contributed by atoms with Crippen LogP contribution in [0.5, 0.6) is 5.88 Å². The fourth-order valence-corrected chi connectivity index (χ4v) is 5.96. The number of nitrogens with one attached hydrogen (secondary N) is 1. The van der Waals surface area contributed by atoms with Crippen molar-refractivity contribution in [2.45, 2.75) is 37.8 Å². The van der Waals surface area contributed by atoms with Gasteiger partial charge in [0.2, 0.25) is 5.88 Å². The summed E-state index contributed by atoms with van der Waals surface area (Å²) in [6.45, 7) is 4.05. The van der Waals surface area contributed by atoms with Gasteiger partial charge in [0, 0.05) is 45.5 Å². The fraction of sp³-hybridized carbons (Fsp3) is 0.520. The van der Waals surface area contributed by atoms with E-state index in [1.165, 1.54) is 4.68 Å². The molecule has 3 aromatic heterocycles. The highest BCUT2D eigenvalue weighted by molar-refractivity contribution is 6.01. The van der Waals surface area contributed by atoms with Gasteiger partial charge in [-0.1, -0.05) is 0 Å². The molecule has 1 aliphatic heterocycles. The Morgan fingerprint density at radius 1 is 1.06 bits per heavy atom. The van der Waals surface area contributed by atoms with Crippen molar-refractivity contribution in [1.82, 2.24) is 29.6 Å². The smallest absolute Gasteiger partial charge is 0.255 e. The number of carbonyl (C=O) groups is 2. The number of hydrogen-bond acceptors (Lipinski definition) is 7. The predicted molar refractivity (Wildman–Crippen MR) is 133 cm³/mol. The highest BCUT2D eigenvalue weighted by Gasteiger charge is 2.54. The number of nitrogens with two attached hydrogens (primary N) is 1. The number of rotatable bonds is 6. The van der Waals surface area contributed by atoms with Crippen LogP contribution < -0.4 is 20.7 Å². The number of likely N-dealkylation sites (N-methyl/N-ethyl adjacent to an activating group) is 1. The van der Waals surface area contributed by atoms with Crippen molar-refractivity contribution < 1.29 is 14.3 Å². The molecule has 1 saturated heterocycles. The van der Waals surface area contributed by atoms with Crippen LogP contribution in [0, 0.1) is 5.41 Å². The molecule has 190 valence electrons. The van der Waals surface area contributed by atoms with Gasteiger partial charge in [-0.2, -0.15) is 5.10 Å². The second-order valence-corrected chi connectivity index (χ2v) is 10.7. The van der Waals surface area contributed by atoms with E-state index in [1.807, 2.05) is 12.3 Å². The van der Waals surface area contributed by atoms with Gasteiger partial charge in [0.05, 0.1) is 29.2 Å². The van der Waals surface area contributed by atoms with E-state index in [0.29, 0.717) is 17.0 Å². The zero-order chi connectivity index (χ0) is 25.0. The predicted octanol–water partition coefficient (Wildman–Crippen LogP) is 1.04. The van der Waals surface area contributed by atoms with Gasteiger partial charge >= 0.3 is 0 Å². The lowest BCUT2D eigenvalue weighted by Gasteiger charge is -2.57. The molecule has 11 heteroatoms. The molecule has 3 fully saturated rings. The van der Waals surface area contributed by atoms with Gasteiger partial charge in [-0.25, -0.2) is 4.52 Å². The van der Waals surface area contributed by atoms with Crippen LogP contribution in [-0.4, -0.2) is 81.5 Å². The van der Waals surface area contributed by atoms with Gasteiger partial charge < -0.3 is 25.6 Å². The van der Waals surface area contributed by atoms with E-state index in [1.54, 1.807) is 24.0 Å². The first-order valence-corrected chi connectivity index (χ1v) is 12.5. The Labute approximate surface area is 209 Å². The Balaban J connectivity index is 1.02. The van der Waals surface area contributed by atoms with Crippen molar-refractivity contribution in [2.75, 3.05) is 38.1 Å². The minimum absolute atomic E-state index is 0.0174. The van der Waals surface area contributed by atoms with Crippen LogP contribution >= 0.6 is 0 Å². The average molecular weight is 493 g/mol. The monoisotopic (exact) mass is 492 g/mol. The topological polar surface area (TPSA) is 123 Å². The molecule has 2 amide bonds. The van der Waals surface area contributed by atoms with E-state index in [0.717, 1.165) is 63.1 Å². The molecule has 3 aromatic rings. The van der Waals surface area contributed by atoms with E-state index >= 15 is 0 Å². The van der Waals surface area contributed by atoms with Crippen LogP contribution in [0.1, 0.15) is 46.4 Å². The third kappa shape index (κ3) is 4.06. The first-order chi connectivity index (χ1) is 17.3. The lowest BCUT2D eigenvalue weighted by molar-refractivity contribution is -0.0849. The average Bonchev–Trinajstić information content (AvgIpc) is 3.39. The Hall–Kier alpha value is -3.60. The molecule has 3 aliphatic rings. The molecule has 0 unspecified atom stereocenters. The number of fused-ring (bicyclic) bond motifs is 1. The van der Waals surface area contributed by atoms with E-state index in [-0.39, 0.29) is 23.5 Å². The highest BCUT2D eigenvalue weighted by Crippen LogP contribution is 2.56. The van der Waals surface area contributed by atoms with Crippen molar-refractivity contribution in [3.8, 4) is 5.88 Å². The molecule has 3 N–H and O–H groups in total. The summed E-state index contributed by atoms with van der Waals surface area (Å²) in [5, 5.41) is 11.8. The van der Waals surface area contributed by atoms with E-state index in [2.05, 4.69) is 38.4 Å². The summed E-state index contributed by atoms with van der Waals surface area (Å²) in [6.07, 6.45) is 8.89. The summed E-state index contributed by atoms with van der Waals surface area (Å²) >= 11 is 0. The van der Waals surface area contributed by atoms with Crippen LogP contribution in [0.15, 0.2) is 30.7 Å². The summed E-state index contributed by atoms with van der Waals surface area (Å²) in [7, 11) is 3.88. The number of nitrogens with zero attached hydrogens (tertiary/aromatic N) is 6. The molecule has 6 rings (SSSR count). The van der Waals surface area contributed by atoms with Gasteiger partial charge in [-0.05, 0) is 50.3 Å². The summed E-state index contributed by atoms with van der Waals surface area (Å²) in [5.41, 5.74) is 8.47. The minimum Gasteiger partial charge on any atom is -0.473 e. The van der Waals surface area contributed by atoms with Crippen molar-refractivity contribution in [2.24, 2.45) is 18.2 Å². The van der Waals surface area contributed by atoms with Crippen LogP contribution in [0.2, 0.25) is 0 Å². The summed E-state index contributed by atoms with van der Waals surface area (Å²) < 4.78 is 9.28. The zero-order valence-electron chi connectivity index (χ0n) is 20.7. The van der Waals surface area contributed by atoms with Gasteiger partial charge in [-0.3, -0.25) is 14.3 Å². The number of primary amides is 1. The Morgan fingerprint density at radius 3 is 2.53 bits per heavy atom. The maximum Gasteiger partial charge on any atom is 0.255 e. The summed E-state index contributed by atoms with van der Waals surface area (Å²) in [4.78, 5) is 29.3. The fourth-order valence-electron chi connectivity index (χ4n) is 5.96. The molecule has 1 spiro atoms.